The van der Waals surface area contributed by atoms with E-state index in [-0.39, 0.29) is 5.56 Å². The first-order valence-electron chi connectivity index (χ1n) is 5.98. The van der Waals surface area contributed by atoms with Crippen LogP contribution < -0.4 is 5.32 Å². The van der Waals surface area contributed by atoms with Gasteiger partial charge in [0.2, 0.25) is 0 Å². The average Bonchev–Trinajstić information content (AvgIpc) is 2.26. The monoisotopic (exact) mass is 267 g/mol. The highest BCUT2D eigenvalue weighted by molar-refractivity contribution is 5.96. The Bertz CT molecular complexity index is 480. The van der Waals surface area contributed by atoms with Gasteiger partial charge in [-0.2, -0.15) is 0 Å². The van der Waals surface area contributed by atoms with E-state index in [1.54, 1.807) is 20.8 Å². The van der Waals surface area contributed by atoms with Crippen LogP contribution in [0.4, 0.5) is 4.39 Å². The number of halogens is 1. The fourth-order valence-corrected chi connectivity index (χ4v) is 1.36. The summed E-state index contributed by atoms with van der Waals surface area (Å²) in [7, 11) is 0. The molecule has 0 spiro atoms. The molecule has 0 fully saturated rings. The maximum Gasteiger partial charge on any atom is 0.328 e. The van der Waals surface area contributed by atoms with Gasteiger partial charge in [0.1, 0.15) is 17.5 Å². The summed E-state index contributed by atoms with van der Waals surface area (Å²) in [5.41, 5.74) is -0.454. The van der Waals surface area contributed by atoms with Crippen molar-refractivity contribution in [2.24, 2.45) is 0 Å². The molecule has 1 atom stereocenters. The standard InChI is InChI=1S/C14H18FNO3/c1-9(13(18)19-14(2,3)4)16-12(17)10-6-5-7-11(15)8-10/h5-9H,1-4H3,(H,16,17)/t9-/m1/s1. The van der Waals surface area contributed by atoms with Crippen molar-refractivity contribution < 1.29 is 18.7 Å². The molecule has 19 heavy (non-hydrogen) atoms. The lowest BCUT2D eigenvalue weighted by Crippen LogP contribution is -2.42. The molecule has 1 aromatic rings. The average molecular weight is 267 g/mol. The smallest absolute Gasteiger partial charge is 0.328 e. The van der Waals surface area contributed by atoms with Gasteiger partial charge < -0.3 is 10.1 Å². The van der Waals surface area contributed by atoms with E-state index in [0.29, 0.717) is 0 Å². The number of ether oxygens (including phenoxy) is 1. The Morgan fingerprint density at radius 2 is 1.95 bits per heavy atom. The number of hydrogen-bond acceptors (Lipinski definition) is 3. The van der Waals surface area contributed by atoms with E-state index in [1.807, 2.05) is 0 Å². The molecule has 0 saturated carbocycles. The molecule has 4 nitrogen and oxygen atoms in total. The summed E-state index contributed by atoms with van der Waals surface area (Å²) >= 11 is 0. The molecule has 0 aromatic heterocycles. The number of hydrogen-bond donors (Lipinski definition) is 1. The molecule has 0 saturated heterocycles. The molecule has 0 radical (unpaired) electrons. The summed E-state index contributed by atoms with van der Waals surface area (Å²) in [6, 6.07) is 4.46. The molecule has 104 valence electrons. The molecule has 0 aliphatic carbocycles. The molecule has 0 unspecified atom stereocenters. The number of esters is 1. The van der Waals surface area contributed by atoms with Crippen LogP contribution in [-0.2, 0) is 9.53 Å². The topological polar surface area (TPSA) is 55.4 Å². The number of carbonyl (C=O) groups excluding carboxylic acids is 2. The third-order valence-corrected chi connectivity index (χ3v) is 2.19. The second-order valence-electron chi connectivity index (χ2n) is 5.24. The van der Waals surface area contributed by atoms with Crippen LogP contribution >= 0.6 is 0 Å². The van der Waals surface area contributed by atoms with E-state index < -0.39 is 29.3 Å². The van der Waals surface area contributed by atoms with Gasteiger partial charge in [-0.1, -0.05) is 6.07 Å². The van der Waals surface area contributed by atoms with Crippen molar-refractivity contribution in [2.45, 2.75) is 39.3 Å². The predicted octanol–water partition coefficient (Wildman–Crippen LogP) is 2.29. The van der Waals surface area contributed by atoms with Crippen LogP contribution in [-0.4, -0.2) is 23.5 Å². The largest absolute Gasteiger partial charge is 0.458 e. The van der Waals surface area contributed by atoms with Gasteiger partial charge in [-0.25, -0.2) is 9.18 Å². The second kappa shape index (κ2) is 5.82. The third kappa shape index (κ3) is 5.07. The lowest BCUT2D eigenvalue weighted by atomic mass is 10.2. The molecule has 0 aliphatic heterocycles. The highest BCUT2D eigenvalue weighted by atomic mass is 19.1. The van der Waals surface area contributed by atoms with E-state index in [9.17, 15) is 14.0 Å². The van der Waals surface area contributed by atoms with Crippen molar-refractivity contribution in [2.75, 3.05) is 0 Å². The zero-order valence-electron chi connectivity index (χ0n) is 11.5. The van der Waals surface area contributed by atoms with Gasteiger partial charge in [-0.05, 0) is 45.9 Å². The van der Waals surface area contributed by atoms with Crippen LogP contribution in [0, 0.1) is 5.82 Å². The molecule has 0 aliphatic rings. The van der Waals surface area contributed by atoms with E-state index in [0.717, 1.165) is 6.07 Å². The van der Waals surface area contributed by atoms with E-state index >= 15 is 0 Å². The van der Waals surface area contributed by atoms with Gasteiger partial charge in [0, 0.05) is 5.56 Å². The molecule has 1 aromatic carbocycles. The Kier molecular flexibility index (Phi) is 4.64. The van der Waals surface area contributed by atoms with E-state index in [1.165, 1.54) is 25.1 Å². The summed E-state index contributed by atoms with van der Waals surface area (Å²) in [6.45, 7) is 6.75. The first kappa shape index (κ1) is 15.1. The third-order valence-electron chi connectivity index (χ3n) is 2.19. The highest BCUT2D eigenvalue weighted by Crippen LogP contribution is 2.09. The van der Waals surface area contributed by atoms with Gasteiger partial charge in [-0.3, -0.25) is 4.79 Å². The Hall–Kier alpha value is -1.91. The number of carbonyl (C=O) groups is 2. The fourth-order valence-electron chi connectivity index (χ4n) is 1.36. The van der Waals surface area contributed by atoms with Gasteiger partial charge in [0.25, 0.3) is 5.91 Å². The van der Waals surface area contributed by atoms with Crippen LogP contribution in [0.1, 0.15) is 38.1 Å². The molecular formula is C14H18FNO3. The fraction of sp³-hybridized carbons (Fsp3) is 0.429. The first-order valence-corrected chi connectivity index (χ1v) is 5.98. The molecule has 0 bridgehead atoms. The van der Waals surface area contributed by atoms with Crippen molar-refractivity contribution in [3.8, 4) is 0 Å². The lowest BCUT2D eigenvalue weighted by molar-refractivity contribution is -0.156. The van der Waals surface area contributed by atoms with Crippen molar-refractivity contribution >= 4 is 11.9 Å². The highest BCUT2D eigenvalue weighted by Gasteiger charge is 2.23. The Morgan fingerprint density at radius 1 is 1.32 bits per heavy atom. The Labute approximate surface area is 112 Å². The van der Waals surface area contributed by atoms with Gasteiger partial charge in [0.05, 0.1) is 0 Å². The number of nitrogens with one attached hydrogen (secondary N) is 1. The minimum absolute atomic E-state index is 0.162. The zero-order valence-corrected chi connectivity index (χ0v) is 11.5. The Balaban J connectivity index is 2.64. The van der Waals surface area contributed by atoms with Crippen LogP contribution in [0.15, 0.2) is 24.3 Å². The first-order chi connectivity index (χ1) is 8.69. The van der Waals surface area contributed by atoms with Crippen LogP contribution in [0.5, 0.6) is 0 Å². The minimum atomic E-state index is -0.796. The van der Waals surface area contributed by atoms with Crippen molar-refractivity contribution in [1.29, 1.82) is 0 Å². The van der Waals surface area contributed by atoms with Gasteiger partial charge in [0.15, 0.2) is 0 Å². The molecule has 0 heterocycles. The number of rotatable bonds is 3. The van der Waals surface area contributed by atoms with Crippen LogP contribution in [0.2, 0.25) is 0 Å². The maximum atomic E-state index is 13.0. The van der Waals surface area contributed by atoms with E-state index in [4.69, 9.17) is 4.74 Å². The Morgan fingerprint density at radius 3 is 2.47 bits per heavy atom. The second-order valence-corrected chi connectivity index (χ2v) is 5.24. The summed E-state index contributed by atoms with van der Waals surface area (Å²) in [5.74, 6) is -1.55. The van der Waals surface area contributed by atoms with E-state index in [2.05, 4.69) is 5.32 Å². The zero-order chi connectivity index (χ0) is 14.6. The quantitative estimate of drug-likeness (QED) is 0.855. The minimum Gasteiger partial charge on any atom is -0.458 e. The maximum absolute atomic E-state index is 13.0. The molecule has 1 rings (SSSR count). The number of amides is 1. The van der Waals surface area contributed by atoms with Crippen molar-refractivity contribution in [1.82, 2.24) is 5.32 Å². The van der Waals surface area contributed by atoms with Crippen LogP contribution in [0.3, 0.4) is 0 Å². The number of benzene rings is 1. The molecule has 1 amide bonds. The molecule has 5 heteroatoms. The van der Waals surface area contributed by atoms with Crippen molar-refractivity contribution in [3.63, 3.8) is 0 Å². The summed E-state index contributed by atoms with van der Waals surface area (Å²) in [5, 5.41) is 2.47. The predicted molar refractivity (Wildman–Crippen MR) is 69.2 cm³/mol. The SMILES string of the molecule is C[C@@H](NC(=O)c1cccc(F)c1)C(=O)OC(C)(C)C. The summed E-state index contributed by atoms with van der Waals surface area (Å²) in [6.07, 6.45) is 0. The molecule has 1 N–H and O–H groups in total. The summed E-state index contributed by atoms with van der Waals surface area (Å²) < 4.78 is 18.1. The summed E-state index contributed by atoms with van der Waals surface area (Å²) in [4.78, 5) is 23.5. The van der Waals surface area contributed by atoms with Gasteiger partial charge >= 0.3 is 5.97 Å². The molecular weight excluding hydrogens is 249 g/mol. The van der Waals surface area contributed by atoms with Crippen molar-refractivity contribution in [3.05, 3.63) is 35.6 Å². The van der Waals surface area contributed by atoms with Gasteiger partial charge in [-0.15, -0.1) is 0 Å². The normalized spacial score (nSPS) is 12.7. The van der Waals surface area contributed by atoms with Crippen LogP contribution in [0.25, 0.3) is 0 Å². The lowest BCUT2D eigenvalue weighted by Gasteiger charge is -2.22.